The Hall–Kier alpha value is -1.54. The third-order valence-electron chi connectivity index (χ3n) is 3.93. The molecule has 1 atom stereocenters. The highest BCUT2D eigenvalue weighted by Crippen LogP contribution is 2.32. The lowest BCUT2D eigenvalue weighted by molar-refractivity contribution is -0.137. The van der Waals surface area contributed by atoms with Crippen LogP contribution in [0, 0.1) is 5.92 Å². The fraction of sp³-hybridized carbons (Fsp3) is 0.600. The molecule has 2 rings (SSSR count). The minimum Gasteiger partial charge on any atom is -0.368 e. The number of rotatable bonds is 6. The second-order valence-corrected chi connectivity index (χ2v) is 6.19. The quantitative estimate of drug-likeness (QED) is 0.814. The zero-order valence-corrected chi connectivity index (χ0v) is 14.0. The molecule has 0 aliphatic carbocycles. The highest BCUT2D eigenvalue weighted by atomic mass is 35.5. The molecule has 1 saturated heterocycles. The zero-order chi connectivity index (χ0) is 17.7. The predicted molar refractivity (Wildman–Crippen MR) is 86.0 cm³/mol. The van der Waals surface area contributed by atoms with Gasteiger partial charge in [-0.15, -0.1) is 0 Å². The number of aromatic nitrogens is 1. The van der Waals surface area contributed by atoms with Crippen molar-refractivity contribution in [3.63, 3.8) is 0 Å². The average Bonchev–Trinajstić information content (AvgIpc) is 2.97. The van der Waals surface area contributed by atoms with Gasteiger partial charge in [0.1, 0.15) is 5.82 Å². The predicted octanol–water partition coefficient (Wildman–Crippen LogP) is 2.62. The van der Waals surface area contributed by atoms with Gasteiger partial charge in [0.05, 0.1) is 10.6 Å². The van der Waals surface area contributed by atoms with Crippen LogP contribution in [-0.2, 0) is 11.0 Å². The molecule has 134 valence electrons. The molecule has 2 heterocycles. The zero-order valence-electron chi connectivity index (χ0n) is 13.3. The smallest absolute Gasteiger partial charge is 0.368 e. The van der Waals surface area contributed by atoms with Crippen LogP contribution in [0.2, 0.25) is 5.02 Å². The number of likely N-dealkylation sites (tertiary alicyclic amines) is 1. The van der Waals surface area contributed by atoms with E-state index in [1.807, 2.05) is 11.9 Å². The lowest BCUT2D eigenvalue weighted by atomic mass is 10.1. The molecule has 1 aromatic heterocycles. The van der Waals surface area contributed by atoms with Gasteiger partial charge in [-0.1, -0.05) is 11.6 Å². The van der Waals surface area contributed by atoms with E-state index in [-0.39, 0.29) is 29.7 Å². The fourth-order valence-corrected chi connectivity index (χ4v) is 2.92. The molecule has 2 N–H and O–H groups in total. The first-order chi connectivity index (χ1) is 11.3. The minimum absolute atomic E-state index is 0.0177. The molecule has 1 aromatic rings. The molecule has 1 amide bonds. The Kier molecular flexibility index (Phi) is 6.28. The van der Waals surface area contributed by atoms with Gasteiger partial charge in [-0.25, -0.2) is 4.98 Å². The van der Waals surface area contributed by atoms with E-state index < -0.39 is 11.7 Å². The van der Waals surface area contributed by atoms with Gasteiger partial charge in [0.15, 0.2) is 0 Å². The first-order valence-electron chi connectivity index (χ1n) is 7.70. The Balaban J connectivity index is 1.81. The minimum atomic E-state index is -4.48. The van der Waals surface area contributed by atoms with Crippen LogP contribution in [0.4, 0.5) is 19.0 Å². The number of hydrogen-bond donors (Lipinski definition) is 2. The third-order valence-corrected chi connectivity index (χ3v) is 4.22. The van der Waals surface area contributed by atoms with Crippen LogP contribution in [0.1, 0.15) is 18.4 Å². The maximum atomic E-state index is 12.5. The maximum absolute atomic E-state index is 12.5. The summed E-state index contributed by atoms with van der Waals surface area (Å²) in [6.07, 6.45) is -2.54. The van der Waals surface area contributed by atoms with E-state index in [1.165, 1.54) is 0 Å². The highest BCUT2D eigenvalue weighted by molar-refractivity contribution is 6.32. The first-order valence-corrected chi connectivity index (χ1v) is 8.08. The monoisotopic (exact) mass is 364 g/mol. The summed E-state index contributed by atoms with van der Waals surface area (Å²) < 4.78 is 37.6. The van der Waals surface area contributed by atoms with Crippen LogP contribution in [0.3, 0.4) is 0 Å². The SMILES string of the molecule is CNC[C@@H]1CCN(C(=O)CCNc2ncc(C(F)(F)F)cc2Cl)C1. The van der Waals surface area contributed by atoms with Crippen molar-refractivity contribution in [1.82, 2.24) is 15.2 Å². The standard InChI is InChI=1S/C15H20ClF3N4O/c1-20-7-10-3-5-23(9-10)13(24)2-4-21-14-12(16)6-11(8-22-14)15(17,18)19/h6,8,10,20H,2-5,7,9H2,1H3,(H,21,22)/t10-/m0/s1. The molecule has 0 saturated carbocycles. The topological polar surface area (TPSA) is 57.3 Å². The van der Waals surface area contributed by atoms with Crippen LogP contribution in [-0.4, -0.2) is 49.0 Å². The number of hydrogen-bond acceptors (Lipinski definition) is 4. The number of carbonyl (C=O) groups excluding carboxylic acids is 1. The van der Waals surface area contributed by atoms with E-state index in [0.717, 1.165) is 38.3 Å². The number of nitrogens with one attached hydrogen (secondary N) is 2. The second kappa shape index (κ2) is 8.02. The van der Waals surface area contributed by atoms with Gasteiger partial charge in [-0.3, -0.25) is 4.79 Å². The Bertz CT molecular complexity index is 582. The van der Waals surface area contributed by atoms with Crippen LogP contribution < -0.4 is 10.6 Å². The summed E-state index contributed by atoms with van der Waals surface area (Å²) in [7, 11) is 1.88. The number of halogens is 4. The first kappa shape index (κ1) is 18.8. The summed E-state index contributed by atoms with van der Waals surface area (Å²) in [4.78, 5) is 17.6. The molecule has 1 aliphatic heterocycles. The molecule has 24 heavy (non-hydrogen) atoms. The van der Waals surface area contributed by atoms with E-state index in [1.54, 1.807) is 0 Å². The Morgan fingerprint density at radius 1 is 1.50 bits per heavy atom. The van der Waals surface area contributed by atoms with Gasteiger partial charge in [-0.05, 0) is 32.0 Å². The van der Waals surface area contributed by atoms with Crippen molar-refractivity contribution in [3.8, 4) is 0 Å². The summed E-state index contributed by atoms with van der Waals surface area (Å²) in [5.41, 5.74) is -0.901. The molecular formula is C15H20ClF3N4O. The number of alkyl halides is 3. The Labute approximate surface area is 143 Å². The number of pyridine rings is 1. The second-order valence-electron chi connectivity index (χ2n) is 5.78. The van der Waals surface area contributed by atoms with Crippen molar-refractivity contribution in [2.24, 2.45) is 5.92 Å². The van der Waals surface area contributed by atoms with E-state index in [4.69, 9.17) is 11.6 Å². The van der Waals surface area contributed by atoms with Gasteiger partial charge >= 0.3 is 6.18 Å². The van der Waals surface area contributed by atoms with Gasteiger partial charge in [0, 0.05) is 32.3 Å². The highest BCUT2D eigenvalue weighted by Gasteiger charge is 2.31. The fourth-order valence-electron chi connectivity index (χ4n) is 2.68. The molecule has 0 unspecified atom stereocenters. The largest absolute Gasteiger partial charge is 0.417 e. The molecule has 0 aromatic carbocycles. The molecule has 1 fully saturated rings. The van der Waals surface area contributed by atoms with Gasteiger partial charge in [0.2, 0.25) is 5.91 Å². The molecule has 5 nitrogen and oxygen atoms in total. The normalized spacial score (nSPS) is 18.0. The van der Waals surface area contributed by atoms with Crippen LogP contribution in [0.5, 0.6) is 0 Å². The average molecular weight is 365 g/mol. The lowest BCUT2D eigenvalue weighted by Gasteiger charge is -2.17. The summed E-state index contributed by atoms with van der Waals surface area (Å²) in [6.45, 7) is 2.63. The summed E-state index contributed by atoms with van der Waals surface area (Å²) in [5.74, 6) is 0.633. The summed E-state index contributed by atoms with van der Waals surface area (Å²) in [6, 6.07) is 0.821. The van der Waals surface area contributed by atoms with Crippen LogP contribution >= 0.6 is 11.6 Å². The van der Waals surface area contributed by atoms with Gasteiger partial charge in [0.25, 0.3) is 0 Å². The molecule has 1 aliphatic rings. The lowest BCUT2D eigenvalue weighted by Crippen LogP contribution is -2.31. The van der Waals surface area contributed by atoms with Crippen molar-refractivity contribution in [2.45, 2.75) is 19.0 Å². The third kappa shape index (κ3) is 4.98. The van der Waals surface area contributed by atoms with Crippen molar-refractivity contribution >= 4 is 23.3 Å². The summed E-state index contributed by atoms with van der Waals surface area (Å²) >= 11 is 5.80. The molecule has 0 bridgehead atoms. The Morgan fingerprint density at radius 2 is 2.25 bits per heavy atom. The van der Waals surface area contributed by atoms with E-state index in [0.29, 0.717) is 5.92 Å². The molecular weight excluding hydrogens is 345 g/mol. The molecule has 9 heteroatoms. The van der Waals surface area contributed by atoms with Crippen molar-refractivity contribution in [3.05, 3.63) is 22.8 Å². The number of anilines is 1. The maximum Gasteiger partial charge on any atom is 0.417 e. The van der Waals surface area contributed by atoms with Crippen molar-refractivity contribution in [2.75, 3.05) is 38.5 Å². The van der Waals surface area contributed by atoms with Crippen LogP contribution in [0.15, 0.2) is 12.3 Å². The van der Waals surface area contributed by atoms with Gasteiger partial charge < -0.3 is 15.5 Å². The van der Waals surface area contributed by atoms with E-state index in [2.05, 4.69) is 15.6 Å². The Morgan fingerprint density at radius 3 is 2.88 bits per heavy atom. The van der Waals surface area contributed by atoms with Crippen LogP contribution in [0.25, 0.3) is 0 Å². The molecule has 0 radical (unpaired) electrons. The number of amides is 1. The molecule has 0 spiro atoms. The van der Waals surface area contributed by atoms with Gasteiger partial charge in [-0.2, -0.15) is 13.2 Å². The summed E-state index contributed by atoms with van der Waals surface area (Å²) in [5, 5.41) is 5.80. The van der Waals surface area contributed by atoms with Crippen molar-refractivity contribution in [1.29, 1.82) is 0 Å². The number of nitrogens with zero attached hydrogens (tertiary/aromatic N) is 2. The van der Waals surface area contributed by atoms with Crippen molar-refractivity contribution < 1.29 is 18.0 Å². The van der Waals surface area contributed by atoms with E-state index >= 15 is 0 Å². The number of carbonyl (C=O) groups is 1. The van der Waals surface area contributed by atoms with E-state index in [9.17, 15) is 18.0 Å².